The van der Waals surface area contributed by atoms with Gasteiger partial charge in [-0.3, -0.25) is 10.1 Å². The van der Waals surface area contributed by atoms with Gasteiger partial charge in [0.1, 0.15) is 0 Å². The van der Waals surface area contributed by atoms with Crippen LogP contribution in [0.4, 0.5) is 11.6 Å². The monoisotopic (exact) mass is 280 g/mol. The summed E-state index contributed by atoms with van der Waals surface area (Å²) < 4.78 is 0.766. The molecule has 2 rings (SSSR count). The van der Waals surface area contributed by atoms with Gasteiger partial charge in [-0.15, -0.1) is 0 Å². The van der Waals surface area contributed by atoms with Crippen LogP contribution in [0.15, 0.2) is 35.1 Å². The zero-order valence-electron chi connectivity index (χ0n) is 8.20. The van der Waals surface area contributed by atoms with Gasteiger partial charge in [0.05, 0.1) is 0 Å². The van der Waals surface area contributed by atoms with Crippen molar-refractivity contribution in [3.63, 3.8) is 0 Å². The molecule has 0 fully saturated rings. The second-order valence-electron chi connectivity index (χ2n) is 3.13. The minimum Gasteiger partial charge on any atom is -0.398 e. The molecule has 1 amide bonds. The van der Waals surface area contributed by atoms with Gasteiger partial charge in [-0.2, -0.15) is 0 Å². The van der Waals surface area contributed by atoms with E-state index in [0.717, 1.165) is 4.47 Å². The molecule has 0 aliphatic carbocycles. The Balaban J connectivity index is 2.18. The number of carbonyl (C=O) groups is 1. The van der Waals surface area contributed by atoms with Crippen molar-refractivity contribution in [2.45, 2.75) is 0 Å². The largest absolute Gasteiger partial charge is 0.398 e. The van der Waals surface area contributed by atoms with Gasteiger partial charge >= 0.3 is 0 Å². The van der Waals surface area contributed by atoms with Crippen LogP contribution in [-0.4, -0.2) is 15.9 Å². The third kappa shape index (κ3) is 2.22. The summed E-state index contributed by atoms with van der Waals surface area (Å²) >= 11 is 3.26. The molecule has 2 aromatic rings. The number of H-pyrrole nitrogens is 1. The lowest BCUT2D eigenvalue weighted by Gasteiger charge is -2.04. The topological polar surface area (TPSA) is 83.8 Å². The van der Waals surface area contributed by atoms with E-state index in [1.165, 1.54) is 0 Å². The van der Waals surface area contributed by atoms with E-state index in [0.29, 0.717) is 17.2 Å². The van der Waals surface area contributed by atoms with Gasteiger partial charge in [-0.25, -0.2) is 4.98 Å². The fourth-order valence-electron chi connectivity index (χ4n) is 1.20. The summed E-state index contributed by atoms with van der Waals surface area (Å²) in [6.45, 7) is 0. The summed E-state index contributed by atoms with van der Waals surface area (Å²) in [5.74, 6) is 0.153. The Morgan fingerprint density at radius 2 is 2.31 bits per heavy atom. The number of hydrogen-bond donors (Lipinski definition) is 3. The predicted molar refractivity (Wildman–Crippen MR) is 65.1 cm³/mol. The number of amides is 1. The number of nitrogen functional groups attached to an aromatic ring is 1. The molecule has 0 unspecified atom stereocenters. The third-order valence-corrected chi connectivity index (χ3v) is 2.71. The first-order chi connectivity index (χ1) is 7.66. The van der Waals surface area contributed by atoms with Gasteiger partial charge in [-0.1, -0.05) is 0 Å². The highest BCUT2D eigenvalue weighted by Gasteiger charge is 2.08. The average Bonchev–Trinajstić information content (AvgIpc) is 2.74. The zero-order valence-corrected chi connectivity index (χ0v) is 9.78. The number of nitrogens with one attached hydrogen (secondary N) is 2. The first kappa shape index (κ1) is 10.7. The Labute approximate surface area is 100 Å². The van der Waals surface area contributed by atoms with E-state index in [4.69, 9.17) is 5.73 Å². The molecule has 16 heavy (non-hydrogen) atoms. The van der Waals surface area contributed by atoms with Gasteiger partial charge in [-0.05, 0) is 34.1 Å². The molecule has 5 nitrogen and oxygen atoms in total. The van der Waals surface area contributed by atoms with Crippen LogP contribution in [0.3, 0.4) is 0 Å². The molecular formula is C10H9BrN4O. The third-order valence-electron chi connectivity index (χ3n) is 1.99. The SMILES string of the molecule is Nc1cc(C(=O)Nc2ncc[nH]2)ccc1Br. The Kier molecular flexibility index (Phi) is 2.91. The normalized spacial score (nSPS) is 10.1. The molecule has 1 heterocycles. The number of nitrogens with zero attached hydrogens (tertiary/aromatic N) is 1. The lowest BCUT2D eigenvalue weighted by molar-refractivity contribution is 0.102. The molecule has 0 aliphatic rings. The van der Waals surface area contributed by atoms with Gasteiger partial charge in [0, 0.05) is 28.1 Å². The fourth-order valence-corrected chi connectivity index (χ4v) is 1.44. The second kappa shape index (κ2) is 4.36. The quantitative estimate of drug-likeness (QED) is 0.736. The summed E-state index contributed by atoms with van der Waals surface area (Å²) in [6.07, 6.45) is 3.19. The van der Waals surface area contributed by atoms with E-state index in [1.807, 2.05) is 0 Å². The van der Waals surface area contributed by atoms with Crippen LogP contribution in [-0.2, 0) is 0 Å². The Morgan fingerprint density at radius 1 is 1.50 bits per heavy atom. The smallest absolute Gasteiger partial charge is 0.258 e. The first-order valence-electron chi connectivity index (χ1n) is 4.52. The highest BCUT2D eigenvalue weighted by molar-refractivity contribution is 9.10. The van der Waals surface area contributed by atoms with Crippen LogP contribution in [0.1, 0.15) is 10.4 Å². The molecule has 6 heteroatoms. The van der Waals surface area contributed by atoms with Crippen LogP contribution in [0.25, 0.3) is 0 Å². The molecule has 0 atom stereocenters. The van der Waals surface area contributed by atoms with Crippen molar-refractivity contribution in [1.29, 1.82) is 0 Å². The number of imidazole rings is 1. The standard InChI is InChI=1S/C10H9BrN4O/c11-7-2-1-6(5-8(7)12)9(16)15-10-13-3-4-14-10/h1-5H,12H2,(H2,13,14,15,16). The second-order valence-corrected chi connectivity index (χ2v) is 3.98. The van der Waals surface area contributed by atoms with Crippen molar-refractivity contribution >= 4 is 33.5 Å². The van der Waals surface area contributed by atoms with Crippen LogP contribution in [0.5, 0.6) is 0 Å². The number of halogens is 1. The highest BCUT2D eigenvalue weighted by atomic mass is 79.9. The number of anilines is 2. The summed E-state index contributed by atoms with van der Waals surface area (Å²) in [5.41, 5.74) is 6.69. The number of aromatic nitrogens is 2. The van der Waals surface area contributed by atoms with E-state index in [1.54, 1.807) is 30.6 Å². The predicted octanol–water partition coefficient (Wildman–Crippen LogP) is 2.01. The van der Waals surface area contributed by atoms with Gasteiger partial charge in [0.2, 0.25) is 5.95 Å². The van der Waals surface area contributed by atoms with Gasteiger partial charge < -0.3 is 10.7 Å². The molecule has 0 saturated carbocycles. The highest BCUT2D eigenvalue weighted by Crippen LogP contribution is 2.20. The molecule has 0 aliphatic heterocycles. The number of nitrogens with two attached hydrogens (primary N) is 1. The van der Waals surface area contributed by atoms with Crippen molar-refractivity contribution < 1.29 is 4.79 Å². The minimum atomic E-state index is -0.255. The first-order valence-corrected chi connectivity index (χ1v) is 5.32. The molecule has 0 bridgehead atoms. The van der Waals surface area contributed by atoms with Crippen molar-refractivity contribution in [1.82, 2.24) is 9.97 Å². The molecule has 0 spiro atoms. The number of benzene rings is 1. The molecular weight excluding hydrogens is 272 g/mol. The Morgan fingerprint density at radius 3 is 2.94 bits per heavy atom. The lowest BCUT2D eigenvalue weighted by atomic mass is 10.2. The maximum atomic E-state index is 11.7. The Bertz CT molecular complexity index is 510. The van der Waals surface area contributed by atoms with Crippen LogP contribution >= 0.6 is 15.9 Å². The Hall–Kier alpha value is -1.82. The summed E-state index contributed by atoms with van der Waals surface area (Å²) in [4.78, 5) is 18.4. The average molecular weight is 281 g/mol. The summed E-state index contributed by atoms with van der Waals surface area (Å²) in [6, 6.07) is 5.01. The van der Waals surface area contributed by atoms with E-state index in [2.05, 4.69) is 31.2 Å². The number of aromatic amines is 1. The van der Waals surface area contributed by atoms with E-state index in [-0.39, 0.29) is 5.91 Å². The van der Waals surface area contributed by atoms with Crippen molar-refractivity contribution in [2.75, 3.05) is 11.1 Å². The number of hydrogen-bond acceptors (Lipinski definition) is 3. The molecule has 1 aromatic heterocycles. The molecule has 0 saturated heterocycles. The molecule has 82 valence electrons. The number of rotatable bonds is 2. The van der Waals surface area contributed by atoms with Crippen LogP contribution in [0, 0.1) is 0 Å². The van der Waals surface area contributed by atoms with Crippen molar-refractivity contribution in [3.05, 3.63) is 40.6 Å². The van der Waals surface area contributed by atoms with Crippen molar-refractivity contribution in [3.8, 4) is 0 Å². The van der Waals surface area contributed by atoms with Crippen LogP contribution in [0.2, 0.25) is 0 Å². The summed E-state index contributed by atoms with van der Waals surface area (Å²) in [7, 11) is 0. The molecule has 1 aromatic carbocycles. The van der Waals surface area contributed by atoms with Gasteiger partial charge in [0.15, 0.2) is 0 Å². The fraction of sp³-hybridized carbons (Fsp3) is 0. The van der Waals surface area contributed by atoms with Gasteiger partial charge in [0.25, 0.3) is 5.91 Å². The van der Waals surface area contributed by atoms with E-state index in [9.17, 15) is 4.79 Å². The maximum Gasteiger partial charge on any atom is 0.258 e. The molecule has 0 radical (unpaired) electrons. The maximum absolute atomic E-state index is 11.7. The van der Waals surface area contributed by atoms with E-state index < -0.39 is 0 Å². The molecule has 4 N–H and O–H groups in total. The van der Waals surface area contributed by atoms with Crippen molar-refractivity contribution in [2.24, 2.45) is 0 Å². The van der Waals surface area contributed by atoms with E-state index >= 15 is 0 Å². The minimum absolute atomic E-state index is 0.255. The van der Waals surface area contributed by atoms with Crippen LogP contribution < -0.4 is 11.1 Å². The summed E-state index contributed by atoms with van der Waals surface area (Å²) in [5, 5.41) is 2.61. The zero-order chi connectivity index (χ0) is 11.5. The number of carbonyl (C=O) groups excluding carboxylic acids is 1. The lowest BCUT2D eigenvalue weighted by Crippen LogP contribution is -2.13.